The summed E-state index contributed by atoms with van der Waals surface area (Å²) in [5.41, 5.74) is -0.945. The quantitative estimate of drug-likeness (QED) is 0.795. The van der Waals surface area contributed by atoms with Crippen LogP contribution in [0.2, 0.25) is 0 Å². The summed E-state index contributed by atoms with van der Waals surface area (Å²) in [7, 11) is 0. The van der Waals surface area contributed by atoms with Gasteiger partial charge in [-0.25, -0.2) is 0 Å². The first-order valence-electron chi connectivity index (χ1n) is 6.09. The number of amides is 1. The fraction of sp³-hybridized carbons (Fsp3) is 0.846. The average molecular weight is 222 g/mol. The van der Waals surface area contributed by atoms with Gasteiger partial charge in [-0.15, -0.1) is 0 Å². The number of carbonyl (C=O) groups is 1. The summed E-state index contributed by atoms with van der Waals surface area (Å²) < 4.78 is 0. The molecule has 0 atom stereocenters. The molecule has 1 amide bonds. The topological polar surface area (TPSA) is 52.9 Å². The van der Waals surface area contributed by atoms with Crippen LogP contribution >= 0.6 is 0 Å². The van der Waals surface area contributed by atoms with Crippen LogP contribution in [0.4, 0.5) is 0 Å². The SMILES string of the molecule is CCCC(C)(C)NC(=O)C1(C#N)CC(C)C1. The summed E-state index contributed by atoms with van der Waals surface area (Å²) in [5, 5.41) is 12.2. The summed E-state index contributed by atoms with van der Waals surface area (Å²) in [6.07, 6.45) is 3.38. The molecule has 0 unspecified atom stereocenters. The van der Waals surface area contributed by atoms with E-state index in [4.69, 9.17) is 5.26 Å². The lowest BCUT2D eigenvalue weighted by Gasteiger charge is -2.41. The predicted molar refractivity (Wildman–Crippen MR) is 63.6 cm³/mol. The fourth-order valence-corrected chi connectivity index (χ4v) is 2.57. The molecule has 0 saturated heterocycles. The number of hydrogen-bond acceptors (Lipinski definition) is 2. The molecule has 0 bridgehead atoms. The zero-order valence-electron chi connectivity index (χ0n) is 10.8. The average Bonchev–Trinajstić information content (AvgIpc) is 2.11. The van der Waals surface area contributed by atoms with Crippen molar-refractivity contribution >= 4 is 5.91 Å². The molecule has 16 heavy (non-hydrogen) atoms. The summed E-state index contributed by atoms with van der Waals surface area (Å²) in [4.78, 5) is 12.1. The van der Waals surface area contributed by atoms with Crippen molar-refractivity contribution in [3.8, 4) is 6.07 Å². The third-order valence-electron chi connectivity index (χ3n) is 3.37. The van der Waals surface area contributed by atoms with Crippen molar-refractivity contribution in [1.82, 2.24) is 5.32 Å². The third-order valence-corrected chi connectivity index (χ3v) is 3.37. The molecule has 1 fully saturated rings. The van der Waals surface area contributed by atoms with E-state index in [2.05, 4.69) is 25.2 Å². The monoisotopic (exact) mass is 222 g/mol. The minimum atomic E-state index is -0.746. The summed E-state index contributed by atoms with van der Waals surface area (Å²) in [6.45, 7) is 8.21. The smallest absolute Gasteiger partial charge is 0.240 e. The molecule has 0 spiro atoms. The molecule has 0 aliphatic heterocycles. The molecular weight excluding hydrogens is 200 g/mol. The lowest BCUT2D eigenvalue weighted by atomic mass is 9.63. The summed E-state index contributed by atoms with van der Waals surface area (Å²) in [5.74, 6) is 0.422. The predicted octanol–water partition coefficient (Wildman–Crippen LogP) is 2.62. The van der Waals surface area contributed by atoms with E-state index in [0.717, 1.165) is 12.8 Å². The second kappa shape index (κ2) is 4.45. The van der Waals surface area contributed by atoms with E-state index in [1.165, 1.54) is 0 Å². The maximum Gasteiger partial charge on any atom is 0.240 e. The number of hydrogen-bond donors (Lipinski definition) is 1. The molecule has 0 aromatic carbocycles. The molecular formula is C13H22N2O. The Kier molecular flexibility index (Phi) is 3.62. The van der Waals surface area contributed by atoms with Crippen molar-refractivity contribution in [1.29, 1.82) is 5.26 Å². The second-order valence-electron chi connectivity index (χ2n) is 5.80. The van der Waals surface area contributed by atoms with Gasteiger partial charge in [0.05, 0.1) is 6.07 Å². The van der Waals surface area contributed by atoms with Gasteiger partial charge < -0.3 is 5.32 Å². The van der Waals surface area contributed by atoms with E-state index in [9.17, 15) is 4.79 Å². The Morgan fingerprint density at radius 3 is 2.50 bits per heavy atom. The zero-order valence-corrected chi connectivity index (χ0v) is 10.8. The number of carbonyl (C=O) groups excluding carboxylic acids is 1. The van der Waals surface area contributed by atoms with Gasteiger partial charge in [-0.1, -0.05) is 20.3 Å². The van der Waals surface area contributed by atoms with Gasteiger partial charge in [0.25, 0.3) is 0 Å². The van der Waals surface area contributed by atoms with Gasteiger partial charge in [0.15, 0.2) is 0 Å². The van der Waals surface area contributed by atoms with Crippen LogP contribution in [0.25, 0.3) is 0 Å². The molecule has 0 aromatic heterocycles. The van der Waals surface area contributed by atoms with Crippen molar-refractivity contribution in [3.63, 3.8) is 0 Å². The fourth-order valence-electron chi connectivity index (χ4n) is 2.57. The number of nitrogens with one attached hydrogen (secondary N) is 1. The normalized spacial score (nSPS) is 29.1. The van der Waals surface area contributed by atoms with Gasteiger partial charge in [0, 0.05) is 5.54 Å². The maximum absolute atomic E-state index is 12.1. The number of nitriles is 1. The van der Waals surface area contributed by atoms with Crippen molar-refractivity contribution in [2.24, 2.45) is 11.3 Å². The molecule has 90 valence electrons. The van der Waals surface area contributed by atoms with Crippen molar-refractivity contribution < 1.29 is 4.79 Å². The van der Waals surface area contributed by atoms with E-state index < -0.39 is 5.41 Å². The molecule has 1 rings (SSSR count). The molecule has 1 aliphatic carbocycles. The van der Waals surface area contributed by atoms with Gasteiger partial charge in [-0.05, 0) is 39.0 Å². The van der Waals surface area contributed by atoms with Gasteiger partial charge in [-0.3, -0.25) is 4.79 Å². The molecule has 3 heteroatoms. The molecule has 1 N–H and O–H groups in total. The Bertz CT molecular complexity index is 308. The first-order valence-corrected chi connectivity index (χ1v) is 6.09. The van der Waals surface area contributed by atoms with Crippen LogP contribution in [0.3, 0.4) is 0 Å². The van der Waals surface area contributed by atoms with Gasteiger partial charge >= 0.3 is 0 Å². The Hall–Kier alpha value is -1.04. The van der Waals surface area contributed by atoms with Crippen LogP contribution in [0.1, 0.15) is 53.4 Å². The van der Waals surface area contributed by atoms with E-state index in [0.29, 0.717) is 18.8 Å². The standard InChI is InChI=1S/C13H22N2O/c1-5-6-12(3,4)15-11(16)13(9-14)7-10(2)8-13/h10H,5-8H2,1-4H3,(H,15,16). The van der Waals surface area contributed by atoms with Crippen LogP contribution in [0.15, 0.2) is 0 Å². The van der Waals surface area contributed by atoms with Gasteiger partial charge in [-0.2, -0.15) is 5.26 Å². The summed E-state index contributed by atoms with van der Waals surface area (Å²) >= 11 is 0. The zero-order chi connectivity index (χ0) is 12.4. The van der Waals surface area contributed by atoms with Crippen LogP contribution in [-0.2, 0) is 4.79 Å². The highest BCUT2D eigenvalue weighted by molar-refractivity contribution is 5.87. The van der Waals surface area contributed by atoms with Gasteiger partial charge in [0.1, 0.15) is 5.41 Å². The van der Waals surface area contributed by atoms with E-state index in [1.807, 2.05) is 13.8 Å². The third kappa shape index (κ3) is 2.55. The van der Waals surface area contributed by atoms with E-state index >= 15 is 0 Å². The minimum Gasteiger partial charge on any atom is -0.350 e. The first kappa shape index (κ1) is 13.0. The molecule has 0 heterocycles. The van der Waals surface area contributed by atoms with Crippen LogP contribution in [0.5, 0.6) is 0 Å². The molecule has 0 radical (unpaired) electrons. The van der Waals surface area contributed by atoms with Crippen molar-refractivity contribution in [2.45, 2.75) is 58.9 Å². The largest absolute Gasteiger partial charge is 0.350 e. The van der Waals surface area contributed by atoms with E-state index in [-0.39, 0.29) is 11.4 Å². The summed E-state index contributed by atoms with van der Waals surface area (Å²) in [6, 6.07) is 2.20. The molecule has 1 aliphatic rings. The highest BCUT2D eigenvalue weighted by Crippen LogP contribution is 2.45. The molecule has 1 saturated carbocycles. The Morgan fingerprint density at radius 2 is 2.12 bits per heavy atom. The first-order chi connectivity index (χ1) is 7.35. The molecule has 0 aromatic rings. The van der Waals surface area contributed by atoms with Crippen LogP contribution < -0.4 is 5.32 Å². The van der Waals surface area contributed by atoms with Crippen molar-refractivity contribution in [2.75, 3.05) is 0 Å². The maximum atomic E-state index is 12.1. The Morgan fingerprint density at radius 1 is 1.56 bits per heavy atom. The van der Waals surface area contributed by atoms with Gasteiger partial charge in [0.2, 0.25) is 5.91 Å². The highest BCUT2D eigenvalue weighted by atomic mass is 16.2. The minimum absolute atomic E-state index is 0.0773. The van der Waals surface area contributed by atoms with E-state index in [1.54, 1.807) is 0 Å². The number of rotatable bonds is 4. The lowest BCUT2D eigenvalue weighted by molar-refractivity contribution is -0.135. The Balaban J connectivity index is 2.62. The Labute approximate surface area is 98.2 Å². The van der Waals surface area contributed by atoms with Crippen LogP contribution in [-0.4, -0.2) is 11.4 Å². The molecule has 3 nitrogen and oxygen atoms in total. The second-order valence-corrected chi connectivity index (χ2v) is 5.80. The lowest BCUT2D eigenvalue weighted by Crippen LogP contribution is -2.54. The van der Waals surface area contributed by atoms with Crippen LogP contribution in [0, 0.1) is 22.7 Å². The highest BCUT2D eigenvalue weighted by Gasteiger charge is 2.49. The number of nitrogens with zero attached hydrogens (tertiary/aromatic N) is 1. The van der Waals surface area contributed by atoms with Crippen molar-refractivity contribution in [3.05, 3.63) is 0 Å².